The highest BCUT2D eigenvalue weighted by Crippen LogP contribution is 2.41. The summed E-state index contributed by atoms with van der Waals surface area (Å²) < 4.78 is 51.1. The van der Waals surface area contributed by atoms with Gasteiger partial charge in [0.1, 0.15) is 22.9 Å². The second kappa shape index (κ2) is 9.66. The molecule has 0 unspecified atom stereocenters. The fraction of sp³-hybridized carbons (Fsp3) is 0.364. The van der Waals surface area contributed by atoms with Crippen molar-refractivity contribution in [1.29, 1.82) is 0 Å². The number of halogens is 1. The Balaban J connectivity index is 1.85. The molecule has 0 aromatic heterocycles. The lowest BCUT2D eigenvalue weighted by Crippen LogP contribution is -2.61. The van der Waals surface area contributed by atoms with Crippen LogP contribution in [0.4, 0.5) is 4.39 Å². The van der Waals surface area contributed by atoms with Gasteiger partial charge < -0.3 is 14.6 Å². The van der Waals surface area contributed by atoms with Crippen molar-refractivity contribution in [3.63, 3.8) is 0 Å². The van der Waals surface area contributed by atoms with Crippen molar-refractivity contribution in [1.82, 2.24) is 4.31 Å². The van der Waals surface area contributed by atoms with Crippen LogP contribution in [0.1, 0.15) is 32.6 Å². The maximum atomic E-state index is 13.4. The smallest absolute Gasteiger partial charge is 0.325 e. The predicted molar refractivity (Wildman–Crippen MR) is 112 cm³/mol. The van der Waals surface area contributed by atoms with Gasteiger partial charge in [0.25, 0.3) is 0 Å². The zero-order valence-electron chi connectivity index (χ0n) is 17.5. The summed E-state index contributed by atoms with van der Waals surface area (Å²) in [6.45, 7) is 1.47. The number of carbonyl (C=O) groups excluding carboxylic acids is 1. The molecule has 0 bridgehead atoms. The summed E-state index contributed by atoms with van der Waals surface area (Å²) in [5, 5.41) is 9.79. The minimum absolute atomic E-state index is 0.125. The maximum absolute atomic E-state index is 13.4. The van der Waals surface area contributed by atoms with Gasteiger partial charge in [-0.3, -0.25) is 9.59 Å². The lowest BCUT2D eigenvalue weighted by Gasteiger charge is -2.45. The normalized spacial score (nSPS) is 15.1. The molecule has 8 nitrogen and oxygen atoms in total. The summed E-state index contributed by atoms with van der Waals surface area (Å²) in [7, 11) is -4.23. The summed E-state index contributed by atoms with van der Waals surface area (Å²) >= 11 is 0. The maximum Gasteiger partial charge on any atom is 0.325 e. The summed E-state index contributed by atoms with van der Waals surface area (Å²) in [5.41, 5.74) is -1.59. The van der Waals surface area contributed by atoms with Crippen molar-refractivity contribution in [2.45, 2.75) is 43.0 Å². The number of aliphatic carboxylic acids is 1. The minimum atomic E-state index is -4.23. The Morgan fingerprint density at radius 1 is 1.06 bits per heavy atom. The number of ether oxygens (including phenoxy) is 2. The molecule has 10 heteroatoms. The van der Waals surface area contributed by atoms with E-state index in [9.17, 15) is 27.5 Å². The molecule has 2 aromatic carbocycles. The second-order valence-electron chi connectivity index (χ2n) is 7.35. The van der Waals surface area contributed by atoms with Crippen LogP contribution in [-0.2, 0) is 24.3 Å². The average molecular weight is 465 g/mol. The van der Waals surface area contributed by atoms with Crippen molar-refractivity contribution >= 4 is 22.0 Å². The number of hydrogen-bond acceptors (Lipinski definition) is 6. The zero-order chi connectivity index (χ0) is 23.4. The number of carboxylic acid groups (broad SMARTS) is 1. The molecular formula is C22H24FNO7S. The Labute approximate surface area is 185 Å². The summed E-state index contributed by atoms with van der Waals surface area (Å²) in [4.78, 5) is 23.7. The van der Waals surface area contributed by atoms with E-state index in [2.05, 4.69) is 0 Å². The fourth-order valence-corrected chi connectivity index (χ4v) is 5.30. The van der Waals surface area contributed by atoms with Crippen LogP contribution in [0.5, 0.6) is 11.5 Å². The number of carbonyl (C=O) groups is 2. The number of sulfonamides is 1. The first-order chi connectivity index (χ1) is 15.2. The van der Waals surface area contributed by atoms with Crippen LogP contribution in [0.15, 0.2) is 53.4 Å². The topological polar surface area (TPSA) is 110 Å². The fourth-order valence-electron chi connectivity index (χ4n) is 3.52. The molecule has 0 heterocycles. The van der Waals surface area contributed by atoms with E-state index >= 15 is 0 Å². The highest BCUT2D eigenvalue weighted by atomic mass is 32.2. The van der Waals surface area contributed by atoms with Gasteiger partial charge in [0.05, 0.1) is 17.9 Å². The first-order valence-corrected chi connectivity index (χ1v) is 11.6. The van der Waals surface area contributed by atoms with Crippen molar-refractivity contribution in [2.75, 3.05) is 13.2 Å². The van der Waals surface area contributed by atoms with Gasteiger partial charge >= 0.3 is 11.9 Å². The van der Waals surface area contributed by atoms with Gasteiger partial charge in [-0.1, -0.05) is 0 Å². The summed E-state index contributed by atoms with van der Waals surface area (Å²) in [6.07, 6.45) is 0.641. The number of nitrogens with zero attached hydrogens (tertiary/aromatic N) is 1. The van der Waals surface area contributed by atoms with Crippen molar-refractivity contribution in [3.8, 4) is 11.5 Å². The standard InChI is InChI=1S/C22H24FNO7S/c1-2-30-20(25)12-15-24(22(21(26)27)13-3-14-22)32(28,29)19-10-8-18(9-11-19)31-17-6-4-16(23)5-7-17/h4-11H,2-3,12-15H2,1H3,(H,26,27). The third-order valence-corrected chi connectivity index (χ3v) is 7.32. The van der Waals surface area contributed by atoms with Gasteiger partial charge in [0.15, 0.2) is 0 Å². The Morgan fingerprint density at radius 2 is 1.62 bits per heavy atom. The van der Waals surface area contributed by atoms with Crippen LogP contribution in [0, 0.1) is 5.82 Å². The van der Waals surface area contributed by atoms with Crippen molar-refractivity contribution in [2.24, 2.45) is 0 Å². The Morgan fingerprint density at radius 3 is 2.09 bits per heavy atom. The Hall–Kier alpha value is -2.98. The SMILES string of the molecule is CCOC(=O)CCN(C1(C(=O)O)CCC1)S(=O)(=O)c1ccc(Oc2ccc(F)cc2)cc1. The molecule has 3 rings (SSSR count). The largest absolute Gasteiger partial charge is 0.480 e. The van der Waals surface area contributed by atoms with Gasteiger partial charge in [0.2, 0.25) is 10.0 Å². The third kappa shape index (κ3) is 4.91. The zero-order valence-corrected chi connectivity index (χ0v) is 18.3. The van der Waals surface area contributed by atoms with Gasteiger partial charge in [-0.15, -0.1) is 0 Å². The number of hydrogen-bond donors (Lipinski definition) is 1. The van der Waals surface area contributed by atoms with Gasteiger partial charge in [-0.25, -0.2) is 12.8 Å². The number of benzene rings is 2. The number of rotatable bonds is 10. The van der Waals surface area contributed by atoms with Crippen LogP contribution in [0.2, 0.25) is 0 Å². The molecule has 32 heavy (non-hydrogen) atoms. The summed E-state index contributed by atoms with van der Waals surface area (Å²) in [6, 6.07) is 10.8. The minimum Gasteiger partial charge on any atom is -0.480 e. The lowest BCUT2D eigenvalue weighted by atomic mass is 9.76. The van der Waals surface area contributed by atoms with Crippen LogP contribution < -0.4 is 4.74 Å². The Kier molecular flexibility index (Phi) is 7.15. The van der Waals surface area contributed by atoms with Crippen LogP contribution in [0.25, 0.3) is 0 Å². The van der Waals surface area contributed by atoms with E-state index < -0.39 is 33.3 Å². The van der Waals surface area contributed by atoms with Gasteiger partial charge in [0, 0.05) is 6.54 Å². The molecule has 1 aliphatic carbocycles. The van der Waals surface area contributed by atoms with E-state index in [-0.39, 0.29) is 37.3 Å². The van der Waals surface area contributed by atoms with E-state index in [1.54, 1.807) is 6.92 Å². The van der Waals surface area contributed by atoms with E-state index in [1.807, 2.05) is 0 Å². The second-order valence-corrected chi connectivity index (χ2v) is 9.21. The van der Waals surface area contributed by atoms with Gasteiger partial charge in [-0.05, 0) is 74.7 Å². The quantitative estimate of drug-likeness (QED) is 0.534. The van der Waals surface area contributed by atoms with Crippen LogP contribution in [0.3, 0.4) is 0 Å². The molecule has 1 aliphatic rings. The molecule has 0 amide bonds. The molecule has 0 spiro atoms. The highest BCUT2D eigenvalue weighted by Gasteiger charge is 2.54. The molecule has 2 aromatic rings. The van der Waals surface area contributed by atoms with E-state index in [1.165, 1.54) is 48.5 Å². The third-order valence-electron chi connectivity index (χ3n) is 5.34. The molecule has 1 saturated carbocycles. The first-order valence-electron chi connectivity index (χ1n) is 10.1. The van der Waals surface area contributed by atoms with E-state index in [0.29, 0.717) is 17.9 Å². The molecular weight excluding hydrogens is 441 g/mol. The molecule has 0 atom stereocenters. The molecule has 1 N–H and O–H groups in total. The Bertz CT molecular complexity index is 1060. The number of esters is 1. The van der Waals surface area contributed by atoms with Crippen molar-refractivity contribution in [3.05, 3.63) is 54.3 Å². The molecule has 0 radical (unpaired) electrons. The van der Waals surface area contributed by atoms with E-state index in [4.69, 9.17) is 9.47 Å². The van der Waals surface area contributed by atoms with Crippen LogP contribution in [-0.4, -0.2) is 48.5 Å². The molecule has 172 valence electrons. The lowest BCUT2D eigenvalue weighted by molar-refractivity contribution is -0.155. The molecule has 0 aliphatic heterocycles. The highest BCUT2D eigenvalue weighted by molar-refractivity contribution is 7.89. The van der Waals surface area contributed by atoms with E-state index in [0.717, 1.165) is 4.31 Å². The summed E-state index contributed by atoms with van der Waals surface area (Å²) in [5.74, 6) is -1.56. The average Bonchev–Trinajstić information content (AvgIpc) is 2.71. The predicted octanol–water partition coefficient (Wildman–Crippen LogP) is 3.57. The molecule has 1 fully saturated rings. The van der Waals surface area contributed by atoms with Crippen LogP contribution >= 0.6 is 0 Å². The van der Waals surface area contributed by atoms with Crippen molar-refractivity contribution < 1.29 is 37.0 Å². The number of carboxylic acids is 1. The monoisotopic (exact) mass is 465 g/mol. The first kappa shape index (κ1) is 23.7. The van der Waals surface area contributed by atoms with Gasteiger partial charge in [-0.2, -0.15) is 4.31 Å². The molecule has 0 saturated heterocycles.